The fraction of sp³-hybridized carbons (Fsp3) is 0.273. The number of amides is 2. The Morgan fingerprint density at radius 1 is 1.29 bits per heavy atom. The monoisotopic (exact) mass is 298 g/mol. The van der Waals surface area contributed by atoms with E-state index in [9.17, 15) is 14.7 Å². The van der Waals surface area contributed by atoms with Gasteiger partial charge in [-0.15, -0.1) is 0 Å². The molecule has 0 spiro atoms. The first-order chi connectivity index (χ1) is 8.04. The first-order valence-corrected chi connectivity index (χ1v) is 5.87. The van der Waals surface area contributed by atoms with Crippen LogP contribution >= 0.6 is 15.9 Å². The summed E-state index contributed by atoms with van der Waals surface area (Å²) in [6, 6.07) is 4.89. The third-order valence-electron chi connectivity index (χ3n) is 2.60. The van der Waals surface area contributed by atoms with E-state index in [1.807, 2.05) is 0 Å². The first-order valence-electron chi connectivity index (χ1n) is 5.08. The third-order valence-corrected chi connectivity index (χ3v) is 3.09. The Balaban J connectivity index is 2.32. The molecular weight excluding hydrogens is 288 g/mol. The number of hydrogen-bond donors (Lipinski definition) is 2. The predicted molar refractivity (Wildman–Crippen MR) is 64.6 cm³/mol. The summed E-state index contributed by atoms with van der Waals surface area (Å²) in [4.78, 5) is 24.9. The summed E-state index contributed by atoms with van der Waals surface area (Å²) in [7, 11) is 0. The van der Waals surface area contributed by atoms with E-state index in [2.05, 4.69) is 15.9 Å². The van der Waals surface area contributed by atoms with E-state index in [1.165, 1.54) is 0 Å². The van der Waals surface area contributed by atoms with Gasteiger partial charge in [0.1, 0.15) is 0 Å². The molecule has 2 amide bonds. The zero-order valence-electron chi connectivity index (χ0n) is 8.89. The molecule has 1 atom stereocenters. The minimum Gasteiger partial charge on any atom is -0.390 e. The Hall–Kier alpha value is -1.24. The van der Waals surface area contributed by atoms with Crippen molar-refractivity contribution in [1.29, 1.82) is 0 Å². The second kappa shape index (κ2) is 4.56. The molecule has 1 aliphatic heterocycles. The number of aliphatic hydroxyl groups excluding tert-OH is 1. The Bertz CT molecular complexity index is 490. The zero-order chi connectivity index (χ0) is 12.6. The molecule has 6 heteroatoms. The largest absolute Gasteiger partial charge is 0.390 e. The van der Waals surface area contributed by atoms with Gasteiger partial charge in [0, 0.05) is 11.0 Å². The SMILES string of the molecule is NCC(O)CN1C(=O)c2ccc(Br)cc2C1=O. The number of carbonyl (C=O) groups is 2. The summed E-state index contributed by atoms with van der Waals surface area (Å²) in [5.41, 5.74) is 5.98. The molecular formula is C11H11BrN2O3. The lowest BCUT2D eigenvalue weighted by Crippen LogP contribution is -2.39. The molecule has 90 valence electrons. The highest BCUT2D eigenvalue weighted by Gasteiger charge is 2.36. The van der Waals surface area contributed by atoms with Gasteiger partial charge in [0.2, 0.25) is 0 Å². The van der Waals surface area contributed by atoms with Gasteiger partial charge in [0.05, 0.1) is 23.8 Å². The Kier molecular flexibility index (Phi) is 3.28. The molecule has 1 unspecified atom stereocenters. The van der Waals surface area contributed by atoms with Gasteiger partial charge in [-0.3, -0.25) is 14.5 Å². The van der Waals surface area contributed by atoms with Gasteiger partial charge in [-0.05, 0) is 18.2 Å². The van der Waals surface area contributed by atoms with E-state index >= 15 is 0 Å². The highest BCUT2D eigenvalue weighted by molar-refractivity contribution is 9.10. The van der Waals surface area contributed by atoms with Crippen molar-refractivity contribution in [3.63, 3.8) is 0 Å². The Morgan fingerprint density at radius 3 is 2.59 bits per heavy atom. The second-order valence-electron chi connectivity index (χ2n) is 3.80. The summed E-state index contributed by atoms with van der Waals surface area (Å²) in [6.45, 7) is -0.0580. The van der Waals surface area contributed by atoms with E-state index in [1.54, 1.807) is 18.2 Å². The van der Waals surface area contributed by atoms with Crippen LogP contribution in [0.3, 0.4) is 0 Å². The fourth-order valence-electron chi connectivity index (χ4n) is 1.71. The molecule has 5 nitrogen and oxygen atoms in total. The van der Waals surface area contributed by atoms with Gasteiger partial charge in [-0.25, -0.2) is 0 Å². The van der Waals surface area contributed by atoms with Crippen molar-refractivity contribution in [3.8, 4) is 0 Å². The first kappa shape index (κ1) is 12.2. The van der Waals surface area contributed by atoms with Crippen molar-refractivity contribution in [2.75, 3.05) is 13.1 Å². The van der Waals surface area contributed by atoms with Crippen LogP contribution in [-0.2, 0) is 0 Å². The number of fused-ring (bicyclic) bond motifs is 1. The number of nitrogens with zero attached hydrogens (tertiary/aromatic N) is 1. The minimum atomic E-state index is -0.888. The van der Waals surface area contributed by atoms with Crippen LogP contribution in [0.1, 0.15) is 20.7 Å². The molecule has 0 saturated heterocycles. The van der Waals surface area contributed by atoms with Gasteiger partial charge in [0.15, 0.2) is 0 Å². The molecule has 1 heterocycles. The van der Waals surface area contributed by atoms with E-state index in [0.717, 1.165) is 9.37 Å². The van der Waals surface area contributed by atoms with Gasteiger partial charge in [-0.2, -0.15) is 0 Å². The molecule has 1 aromatic rings. The number of hydrogen-bond acceptors (Lipinski definition) is 4. The van der Waals surface area contributed by atoms with Crippen molar-refractivity contribution in [1.82, 2.24) is 4.90 Å². The van der Waals surface area contributed by atoms with Crippen LogP contribution < -0.4 is 5.73 Å². The van der Waals surface area contributed by atoms with E-state index in [-0.39, 0.29) is 24.9 Å². The summed E-state index contributed by atoms with van der Waals surface area (Å²) < 4.78 is 0.735. The number of benzene rings is 1. The number of aliphatic hydroxyl groups is 1. The van der Waals surface area contributed by atoms with E-state index in [0.29, 0.717) is 11.1 Å². The highest BCUT2D eigenvalue weighted by atomic mass is 79.9. The molecule has 0 radical (unpaired) electrons. The topological polar surface area (TPSA) is 83.6 Å². The third kappa shape index (κ3) is 2.11. The summed E-state index contributed by atoms with van der Waals surface area (Å²) in [6.07, 6.45) is -0.888. The van der Waals surface area contributed by atoms with Crippen molar-refractivity contribution in [2.24, 2.45) is 5.73 Å². The van der Waals surface area contributed by atoms with E-state index in [4.69, 9.17) is 5.73 Å². The molecule has 1 aromatic carbocycles. The molecule has 3 N–H and O–H groups in total. The van der Waals surface area contributed by atoms with Gasteiger partial charge < -0.3 is 10.8 Å². The quantitative estimate of drug-likeness (QED) is 0.790. The van der Waals surface area contributed by atoms with E-state index < -0.39 is 6.10 Å². The predicted octanol–water partition coefficient (Wildman–Crippen LogP) is 0.365. The average Bonchev–Trinajstić information content (AvgIpc) is 2.54. The molecule has 0 fully saturated rings. The standard InChI is InChI=1S/C11H11BrN2O3/c12-6-1-2-8-9(3-6)11(17)14(10(8)16)5-7(15)4-13/h1-3,7,15H,4-5,13H2. The lowest BCUT2D eigenvalue weighted by Gasteiger charge is -2.16. The molecule has 1 aliphatic rings. The van der Waals surface area contributed by atoms with Crippen LogP contribution in [0, 0.1) is 0 Å². The van der Waals surface area contributed by atoms with Gasteiger partial charge in [-0.1, -0.05) is 15.9 Å². The summed E-state index contributed by atoms with van der Waals surface area (Å²) >= 11 is 3.25. The van der Waals surface area contributed by atoms with Gasteiger partial charge in [0.25, 0.3) is 11.8 Å². The summed E-state index contributed by atoms with van der Waals surface area (Å²) in [5, 5.41) is 9.41. The van der Waals surface area contributed by atoms with Crippen molar-refractivity contribution in [2.45, 2.75) is 6.10 Å². The van der Waals surface area contributed by atoms with Crippen LogP contribution in [0.4, 0.5) is 0 Å². The second-order valence-corrected chi connectivity index (χ2v) is 4.72. The fourth-order valence-corrected chi connectivity index (χ4v) is 2.08. The van der Waals surface area contributed by atoms with Crippen molar-refractivity contribution >= 4 is 27.7 Å². The lowest BCUT2D eigenvalue weighted by atomic mass is 10.1. The molecule has 2 rings (SSSR count). The number of halogens is 1. The van der Waals surface area contributed by atoms with Crippen LogP contribution in [-0.4, -0.2) is 41.0 Å². The average molecular weight is 299 g/mol. The van der Waals surface area contributed by atoms with Crippen LogP contribution in [0.25, 0.3) is 0 Å². The number of carbonyl (C=O) groups excluding carboxylic acids is 2. The maximum atomic E-state index is 11.9. The molecule has 0 bridgehead atoms. The highest BCUT2D eigenvalue weighted by Crippen LogP contribution is 2.25. The van der Waals surface area contributed by atoms with Crippen LogP contribution in [0.2, 0.25) is 0 Å². The number of rotatable bonds is 3. The molecule has 17 heavy (non-hydrogen) atoms. The molecule has 0 aliphatic carbocycles. The maximum Gasteiger partial charge on any atom is 0.261 e. The smallest absolute Gasteiger partial charge is 0.261 e. The maximum absolute atomic E-state index is 11.9. The molecule has 0 saturated carbocycles. The van der Waals surface area contributed by atoms with Crippen LogP contribution in [0.15, 0.2) is 22.7 Å². The minimum absolute atomic E-state index is 0.0110. The van der Waals surface area contributed by atoms with Gasteiger partial charge >= 0.3 is 0 Å². The zero-order valence-corrected chi connectivity index (χ0v) is 10.5. The van der Waals surface area contributed by atoms with Crippen molar-refractivity contribution in [3.05, 3.63) is 33.8 Å². The summed E-state index contributed by atoms with van der Waals surface area (Å²) in [5.74, 6) is -0.774. The lowest BCUT2D eigenvalue weighted by molar-refractivity contribution is 0.0554. The number of β-amino-alcohol motifs (C(OH)–C–C–N with tert-alkyl or cyclic N) is 1. The normalized spacial score (nSPS) is 16.3. The van der Waals surface area contributed by atoms with Crippen LogP contribution in [0.5, 0.6) is 0 Å². The van der Waals surface area contributed by atoms with Crippen molar-refractivity contribution < 1.29 is 14.7 Å². The number of nitrogens with two attached hydrogens (primary N) is 1. The molecule has 0 aromatic heterocycles. The Morgan fingerprint density at radius 2 is 1.94 bits per heavy atom. The Labute approximate surface area is 106 Å². The number of imide groups is 1.